The number of benzene rings is 1. The summed E-state index contributed by atoms with van der Waals surface area (Å²) in [5.74, 6) is -2.16. The molecule has 1 aromatic rings. The second-order valence-corrected chi connectivity index (χ2v) is 7.73. The molecule has 0 atom stereocenters. The quantitative estimate of drug-likeness (QED) is 0.489. The molecule has 29 heavy (non-hydrogen) atoms. The standard InChI is InChI=1S/C20H25F5N2O2/c21-16-11-15(12-17(22)18(16)19(28)27-6-2-7-27)29-10-1-3-14-4-8-26(9-5-14)13-20(23,24)25/h11-12,14H,1-10,13H2. The van der Waals surface area contributed by atoms with Gasteiger partial charge in [0.05, 0.1) is 13.2 Å². The third kappa shape index (κ3) is 6.04. The molecular formula is C20H25F5N2O2. The van der Waals surface area contributed by atoms with Crippen molar-refractivity contribution in [1.82, 2.24) is 9.80 Å². The van der Waals surface area contributed by atoms with E-state index in [1.165, 1.54) is 9.80 Å². The van der Waals surface area contributed by atoms with Crippen molar-refractivity contribution in [3.8, 4) is 5.75 Å². The Labute approximate surface area is 166 Å². The molecule has 0 spiro atoms. The molecule has 0 aliphatic carbocycles. The fourth-order valence-corrected chi connectivity index (χ4v) is 3.76. The zero-order valence-electron chi connectivity index (χ0n) is 16.1. The van der Waals surface area contributed by atoms with Crippen LogP contribution in [0.5, 0.6) is 5.75 Å². The van der Waals surface area contributed by atoms with E-state index in [9.17, 15) is 26.7 Å². The third-order valence-corrected chi connectivity index (χ3v) is 5.51. The molecule has 4 nitrogen and oxygen atoms in total. The van der Waals surface area contributed by atoms with Gasteiger partial charge in [-0.25, -0.2) is 8.78 Å². The number of ether oxygens (including phenoxy) is 1. The van der Waals surface area contributed by atoms with Gasteiger partial charge in [0.25, 0.3) is 5.91 Å². The van der Waals surface area contributed by atoms with Crippen molar-refractivity contribution in [2.24, 2.45) is 5.92 Å². The maximum Gasteiger partial charge on any atom is 0.401 e. The molecule has 162 valence electrons. The van der Waals surface area contributed by atoms with Crippen molar-refractivity contribution in [1.29, 1.82) is 0 Å². The van der Waals surface area contributed by atoms with E-state index < -0.39 is 35.8 Å². The van der Waals surface area contributed by atoms with E-state index in [1.54, 1.807) is 0 Å². The van der Waals surface area contributed by atoms with Gasteiger partial charge in [-0.15, -0.1) is 0 Å². The second-order valence-electron chi connectivity index (χ2n) is 7.73. The number of piperidine rings is 1. The monoisotopic (exact) mass is 420 g/mol. The molecule has 2 fully saturated rings. The molecule has 0 unspecified atom stereocenters. The van der Waals surface area contributed by atoms with Gasteiger partial charge in [0.15, 0.2) is 0 Å². The molecule has 2 aliphatic rings. The van der Waals surface area contributed by atoms with Crippen molar-refractivity contribution in [2.75, 3.05) is 39.3 Å². The summed E-state index contributed by atoms with van der Waals surface area (Å²) >= 11 is 0. The van der Waals surface area contributed by atoms with Gasteiger partial charge in [0, 0.05) is 25.2 Å². The fourth-order valence-electron chi connectivity index (χ4n) is 3.76. The number of nitrogens with zero attached hydrogens (tertiary/aromatic N) is 2. The van der Waals surface area contributed by atoms with E-state index in [-0.39, 0.29) is 12.4 Å². The Morgan fingerprint density at radius 3 is 2.21 bits per heavy atom. The molecular weight excluding hydrogens is 395 g/mol. The van der Waals surface area contributed by atoms with E-state index in [2.05, 4.69) is 0 Å². The fraction of sp³-hybridized carbons (Fsp3) is 0.650. The Hall–Kier alpha value is -1.90. The topological polar surface area (TPSA) is 32.8 Å². The first-order chi connectivity index (χ1) is 13.7. The number of carbonyl (C=O) groups is 1. The Kier molecular flexibility index (Phi) is 6.97. The number of alkyl halides is 3. The summed E-state index contributed by atoms with van der Waals surface area (Å²) < 4.78 is 71.0. The molecule has 0 radical (unpaired) electrons. The van der Waals surface area contributed by atoms with Crippen LogP contribution < -0.4 is 4.74 Å². The predicted octanol–water partition coefficient (Wildman–Crippen LogP) is 4.24. The van der Waals surface area contributed by atoms with Crippen molar-refractivity contribution in [2.45, 2.75) is 38.3 Å². The summed E-state index contributed by atoms with van der Waals surface area (Å²) in [6, 6.07) is 2.04. The second kappa shape index (κ2) is 9.28. The minimum Gasteiger partial charge on any atom is -0.493 e. The molecule has 0 aromatic heterocycles. The average Bonchev–Trinajstić information content (AvgIpc) is 2.56. The van der Waals surface area contributed by atoms with Gasteiger partial charge in [0.1, 0.15) is 22.9 Å². The molecule has 2 heterocycles. The van der Waals surface area contributed by atoms with Gasteiger partial charge in [-0.1, -0.05) is 0 Å². The van der Waals surface area contributed by atoms with Crippen LogP contribution in [0.3, 0.4) is 0 Å². The van der Waals surface area contributed by atoms with Gasteiger partial charge in [-0.3, -0.25) is 9.69 Å². The van der Waals surface area contributed by atoms with E-state index in [1.807, 2.05) is 0 Å². The van der Waals surface area contributed by atoms with Crippen LogP contribution in [0.25, 0.3) is 0 Å². The smallest absolute Gasteiger partial charge is 0.401 e. The molecule has 0 N–H and O–H groups in total. The lowest BCUT2D eigenvalue weighted by Gasteiger charge is -2.32. The lowest BCUT2D eigenvalue weighted by Crippen LogP contribution is -2.42. The summed E-state index contributed by atoms with van der Waals surface area (Å²) in [6.45, 7) is 1.25. The number of halogens is 5. The first kappa shape index (κ1) is 21.8. The van der Waals surface area contributed by atoms with Crippen molar-refractivity contribution < 1.29 is 31.5 Å². The van der Waals surface area contributed by atoms with E-state index >= 15 is 0 Å². The summed E-state index contributed by atoms with van der Waals surface area (Å²) in [6.07, 6.45) is -0.505. The largest absolute Gasteiger partial charge is 0.493 e. The number of amides is 1. The molecule has 1 amide bonds. The van der Waals surface area contributed by atoms with Gasteiger partial charge < -0.3 is 9.64 Å². The zero-order valence-corrected chi connectivity index (χ0v) is 16.1. The highest BCUT2D eigenvalue weighted by atomic mass is 19.4. The van der Waals surface area contributed by atoms with Crippen LogP contribution in [0.2, 0.25) is 0 Å². The number of likely N-dealkylation sites (tertiary alicyclic amines) is 2. The Morgan fingerprint density at radius 2 is 1.69 bits per heavy atom. The highest BCUT2D eigenvalue weighted by Crippen LogP contribution is 2.26. The molecule has 2 aliphatic heterocycles. The summed E-state index contributed by atoms with van der Waals surface area (Å²) in [4.78, 5) is 14.9. The minimum atomic E-state index is -4.17. The highest BCUT2D eigenvalue weighted by Gasteiger charge is 2.32. The van der Waals surface area contributed by atoms with Gasteiger partial charge in [0.2, 0.25) is 0 Å². The normalized spacial score (nSPS) is 18.6. The van der Waals surface area contributed by atoms with E-state index in [4.69, 9.17) is 4.74 Å². The first-order valence-corrected chi connectivity index (χ1v) is 9.93. The maximum absolute atomic E-state index is 14.2. The molecule has 0 saturated carbocycles. The molecule has 9 heteroatoms. The Morgan fingerprint density at radius 1 is 1.07 bits per heavy atom. The van der Waals surface area contributed by atoms with Crippen LogP contribution in [0, 0.1) is 17.6 Å². The molecule has 1 aromatic carbocycles. The minimum absolute atomic E-state index is 0.0279. The first-order valence-electron chi connectivity index (χ1n) is 9.93. The van der Waals surface area contributed by atoms with Gasteiger partial charge >= 0.3 is 6.18 Å². The van der Waals surface area contributed by atoms with E-state index in [0.29, 0.717) is 51.4 Å². The summed E-state index contributed by atoms with van der Waals surface area (Å²) in [5, 5.41) is 0. The SMILES string of the molecule is O=C(c1c(F)cc(OCCCC2CCN(CC(F)(F)F)CC2)cc1F)N1CCC1. The number of hydrogen-bond donors (Lipinski definition) is 0. The Balaban J connectivity index is 1.40. The van der Waals surface area contributed by atoms with Gasteiger partial charge in [-0.2, -0.15) is 13.2 Å². The van der Waals surface area contributed by atoms with Crippen LogP contribution >= 0.6 is 0 Å². The Bertz CT molecular complexity index is 690. The van der Waals surface area contributed by atoms with Crippen molar-refractivity contribution in [3.05, 3.63) is 29.3 Å². The lowest BCUT2D eigenvalue weighted by molar-refractivity contribution is -0.148. The van der Waals surface area contributed by atoms with Gasteiger partial charge in [-0.05, 0) is 51.1 Å². The predicted molar refractivity (Wildman–Crippen MR) is 96.8 cm³/mol. The lowest BCUT2D eigenvalue weighted by atomic mass is 9.92. The van der Waals surface area contributed by atoms with Crippen LogP contribution in [0.1, 0.15) is 42.5 Å². The van der Waals surface area contributed by atoms with Crippen LogP contribution in [0.15, 0.2) is 12.1 Å². The van der Waals surface area contributed by atoms with E-state index in [0.717, 1.165) is 25.0 Å². The third-order valence-electron chi connectivity index (χ3n) is 5.51. The zero-order chi connectivity index (χ0) is 21.0. The number of rotatable bonds is 7. The number of hydrogen-bond acceptors (Lipinski definition) is 3. The van der Waals surface area contributed by atoms with Crippen molar-refractivity contribution >= 4 is 5.91 Å². The van der Waals surface area contributed by atoms with Crippen LogP contribution in [-0.4, -0.2) is 61.2 Å². The van der Waals surface area contributed by atoms with Crippen molar-refractivity contribution in [3.63, 3.8) is 0 Å². The maximum atomic E-state index is 14.2. The summed E-state index contributed by atoms with van der Waals surface area (Å²) in [7, 11) is 0. The molecule has 2 saturated heterocycles. The highest BCUT2D eigenvalue weighted by molar-refractivity contribution is 5.95. The van der Waals surface area contributed by atoms with Crippen LogP contribution in [0.4, 0.5) is 22.0 Å². The van der Waals surface area contributed by atoms with Crippen LogP contribution in [-0.2, 0) is 0 Å². The molecule has 0 bridgehead atoms. The summed E-state index contributed by atoms with van der Waals surface area (Å²) in [5.41, 5.74) is -0.553. The number of carbonyl (C=O) groups excluding carboxylic acids is 1. The average molecular weight is 420 g/mol. The molecule has 3 rings (SSSR count).